The molecule has 1 saturated heterocycles. The van der Waals surface area contributed by atoms with Gasteiger partial charge in [-0.25, -0.2) is 0 Å². The average molecular weight is 320 g/mol. The van der Waals surface area contributed by atoms with Gasteiger partial charge in [0.25, 0.3) is 5.91 Å². The van der Waals surface area contributed by atoms with Gasteiger partial charge in [0.1, 0.15) is 0 Å². The molecular weight excluding hydrogens is 302 g/mol. The summed E-state index contributed by atoms with van der Waals surface area (Å²) >= 11 is 6.24. The van der Waals surface area contributed by atoms with Gasteiger partial charge in [-0.1, -0.05) is 16.8 Å². The van der Waals surface area contributed by atoms with Crippen LogP contribution >= 0.6 is 11.6 Å². The van der Waals surface area contributed by atoms with Crippen LogP contribution in [0.1, 0.15) is 45.5 Å². The summed E-state index contributed by atoms with van der Waals surface area (Å²) in [7, 11) is 0. The number of amides is 1. The number of hydrogen-bond donors (Lipinski definition) is 0. The van der Waals surface area contributed by atoms with Crippen molar-refractivity contribution in [3.8, 4) is 0 Å². The Kier molecular flexibility index (Phi) is 3.91. The summed E-state index contributed by atoms with van der Waals surface area (Å²) in [5.74, 6) is 1.30. The number of aromatic nitrogens is 2. The molecule has 0 radical (unpaired) electrons. The van der Waals surface area contributed by atoms with Gasteiger partial charge in [0.05, 0.1) is 16.5 Å². The van der Waals surface area contributed by atoms with E-state index in [1.165, 1.54) is 0 Å². The second kappa shape index (κ2) is 5.72. The highest BCUT2D eigenvalue weighted by atomic mass is 35.5. The zero-order chi connectivity index (χ0) is 15.9. The van der Waals surface area contributed by atoms with E-state index in [2.05, 4.69) is 10.1 Å². The Hall–Kier alpha value is -1.88. The summed E-state index contributed by atoms with van der Waals surface area (Å²) in [4.78, 5) is 18.8. The molecule has 1 aliphatic heterocycles. The number of carbonyl (C=O) groups excluding carboxylic acids is 1. The summed E-state index contributed by atoms with van der Waals surface area (Å²) in [5, 5.41) is 4.32. The molecule has 1 aromatic carbocycles. The fourth-order valence-corrected chi connectivity index (χ4v) is 3.04. The van der Waals surface area contributed by atoms with Gasteiger partial charge in [0.15, 0.2) is 5.82 Å². The largest absolute Gasteiger partial charge is 0.339 e. The maximum atomic E-state index is 12.7. The number of nitrogens with zero attached hydrogens (tertiary/aromatic N) is 3. The molecule has 22 heavy (non-hydrogen) atoms. The van der Waals surface area contributed by atoms with Gasteiger partial charge < -0.3 is 9.42 Å². The first-order valence-electron chi connectivity index (χ1n) is 7.32. The lowest BCUT2D eigenvalue weighted by Gasteiger charge is -2.17. The first kappa shape index (κ1) is 15.0. The van der Waals surface area contributed by atoms with Crippen molar-refractivity contribution in [2.75, 3.05) is 13.1 Å². The highest BCUT2D eigenvalue weighted by Crippen LogP contribution is 2.29. The van der Waals surface area contributed by atoms with Crippen LogP contribution in [0.25, 0.3) is 0 Å². The summed E-state index contributed by atoms with van der Waals surface area (Å²) < 4.78 is 5.22. The number of likely N-dealkylation sites (tertiary alicyclic amines) is 1. The van der Waals surface area contributed by atoms with E-state index in [1.807, 2.05) is 26.0 Å². The van der Waals surface area contributed by atoms with Crippen LogP contribution < -0.4 is 0 Å². The van der Waals surface area contributed by atoms with Gasteiger partial charge in [-0.2, -0.15) is 4.98 Å². The van der Waals surface area contributed by atoms with Crippen LogP contribution in [-0.4, -0.2) is 34.0 Å². The van der Waals surface area contributed by atoms with Crippen LogP contribution in [0.5, 0.6) is 0 Å². The molecule has 6 heteroatoms. The Morgan fingerprint density at radius 1 is 1.32 bits per heavy atom. The van der Waals surface area contributed by atoms with E-state index in [-0.39, 0.29) is 11.8 Å². The Balaban J connectivity index is 1.78. The lowest BCUT2D eigenvalue weighted by Crippen LogP contribution is -2.28. The monoisotopic (exact) mass is 319 g/mol. The van der Waals surface area contributed by atoms with E-state index in [1.54, 1.807) is 11.8 Å². The Labute approximate surface area is 134 Å². The molecule has 3 rings (SSSR count). The first-order valence-corrected chi connectivity index (χ1v) is 7.69. The number of benzene rings is 1. The highest BCUT2D eigenvalue weighted by molar-refractivity contribution is 6.34. The molecule has 2 aromatic rings. The third kappa shape index (κ3) is 2.73. The van der Waals surface area contributed by atoms with E-state index in [0.717, 1.165) is 17.5 Å². The van der Waals surface area contributed by atoms with Crippen molar-refractivity contribution in [1.82, 2.24) is 15.0 Å². The molecule has 1 aliphatic rings. The topological polar surface area (TPSA) is 59.2 Å². The fraction of sp³-hybridized carbons (Fsp3) is 0.438. The van der Waals surface area contributed by atoms with Gasteiger partial charge >= 0.3 is 0 Å². The molecule has 5 nitrogen and oxygen atoms in total. The van der Waals surface area contributed by atoms with Crippen LogP contribution in [0.4, 0.5) is 0 Å². The Morgan fingerprint density at radius 2 is 2.05 bits per heavy atom. The third-order valence-electron chi connectivity index (χ3n) is 4.18. The lowest BCUT2D eigenvalue weighted by molar-refractivity contribution is 0.0789. The summed E-state index contributed by atoms with van der Waals surface area (Å²) in [6.07, 6.45) is 0.829. The average Bonchev–Trinajstić information content (AvgIpc) is 3.10. The minimum absolute atomic E-state index is 0.0353. The summed E-state index contributed by atoms with van der Waals surface area (Å²) in [6, 6.07) is 3.71. The normalized spacial score (nSPS) is 18.0. The van der Waals surface area contributed by atoms with Gasteiger partial charge in [-0.05, 0) is 50.5 Å². The maximum Gasteiger partial charge on any atom is 0.255 e. The predicted molar refractivity (Wildman–Crippen MR) is 83.2 cm³/mol. The first-order chi connectivity index (χ1) is 10.5. The highest BCUT2D eigenvalue weighted by Gasteiger charge is 2.32. The van der Waals surface area contributed by atoms with E-state index in [0.29, 0.717) is 35.4 Å². The molecule has 0 bridgehead atoms. The zero-order valence-corrected chi connectivity index (χ0v) is 13.6. The molecule has 0 N–H and O–H groups in total. The van der Waals surface area contributed by atoms with Crippen LogP contribution in [0.15, 0.2) is 16.7 Å². The van der Waals surface area contributed by atoms with Crippen molar-refractivity contribution < 1.29 is 9.32 Å². The van der Waals surface area contributed by atoms with Crippen LogP contribution in [0.2, 0.25) is 5.02 Å². The summed E-state index contributed by atoms with van der Waals surface area (Å²) in [5.41, 5.74) is 2.71. The van der Waals surface area contributed by atoms with Crippen LogP contribution in [0.3, 0.4) is 0 Å². The molecule has 0 unspecified atom stereocenters. The van der Waals surface area contributed by atoms with Crippen molar-refractivity contribution in [3.63, 3.8) is 0 Å². The van der Waals surface area contributed by atoms with Crippen molar-refractivity contribution in [1.29, 1.82) is 0 Å². The number of rotatable bonds is 2. The molecule has 1 atom stereocenters. The lowest BCUT2D eigenvalue weighted by atomic mass is 10.1. The molecule has 0 saturated carbocycles. The standard InChI is InChI=1S/C16H18ClN3O2/c1-9-6-13(14(17)7-10(9)2)16(21)20-5-4-12(8-20)15-18-11(3)19-22-15/h6-7,12H,4-5,8H2,1-3H3/t12-/m1/s1. The molecule has 0 spiro atoms. The maximum absolute atomic E-state index is 12.7. The zero-order valence-electron chi connectivity index (χ0n) is 12.9. The van der Waals surface area contributed by atoms with Gasteiger partial charge in [-0.15, -0.1) is 0 Å². The molecule has 1 aromatic heterocycles. The predicted octanol–water partition coefficient (Wildman–Crippen LogP) is 3.28. The molecule has 2 heterocycles. The SMILES string of the molecule is Cc1noc([C@@H]2CCN(C(=O)c3cc(C)c(C)cc3Cl)C2)n1. The van der Waals surface area contributed by atoms with Crippen molar-refractivity contribution in [2.24, 2.45) is 0 Å². The van der Waals surface area contributed by atoms with Gasteiger partial charge in [0, 0.05) is 13.1 Å². The molecule has 1 amide bonds. The number of aryl methyl sites for hydroxylation is 3. The number of carbonyl (C=O) groups is 1. The quantitative estimate of drug-likeness (QED) is 0.852. The minimum atomic E-state index is -0.0353. The van der Waals surface area contributed by atoms with Crippen LogP contribution in [0, 0.1) is 20.8 Å². The third-order valence-corrected chi connectivity index (χ3v) is 4.49. The van der Waals surface area contributed by atoms with Gasteiger partial charge in [0.2, 0.25) is 5.89 Å². The van der Waals surface area contributed by atoms with E-state index >= 15 is 0 Å². The summed E-state index contributed by atoms with van der Waals surface area (Å²) in [6.45, 7) is 7.02. The molecule has 116 valence electrons. The van der Waals surface area contributed by atoms with Crippen molar-refractivity contribution in [2.45, 2.75) is 33.1 Å². The smallest absolute Gasteiger partial charge is 0.255 e. The van der Waals surface area contributed by atoms with E-state index < -0.39 is 0 Å². The van der Waals surface area contributed by atoms with E-state index in [4.69, 9.17) is 16.1 Å². The van der Waals surface area contributed by atoms with Crippen molar-refractivity contribution in [3.05, 3.63) is 45.6 Å². The Morgan fingerprint density at radius 3 is 2.73 bits per heavy atom. The second-order valence-corrected chi connectivity index (χ2v) is 6.24. The second-order valence-electron chi connectivity index (χ2n) is 5.83. The molecule has 0 aliphatic carbocycles. The molecule has 1 fully saturated rings. The van der Waals surface area contributed by atoms with E-state index in [9.17, 15) is 4.79 Å². The number of hydrogen-bond acceptors (Lipinski definition) is 4. The minimum Gasteiger partial charge on any atom is -0.339 e. The fourth-order valence-electron chi connectivity index (χ4n) is 2.74. The molecular formula is C16H18ClN3O2. The number of halogens is 1. The Bertz CT molecular complexity index is 726. The van der Waals surface area contributed by atoms with Gasteiger partial charge in [-0.3, -0.25) is 4.79 Å². The van der Waals surface area contributed by atoms with Crippen molar-refractivity contribution >= 4 is 17.5 Å². The van der Waals surface area contributed by atoms with Crippen LogP contribution in [-0.2, 0) is 0 Å².